The summed E-state index contributed by atoms with van der Waals surface area (Å²) in [4.78, 5) is 40.2. The number of nitrogens with zero attached hydrogens (tertiary/aromatic N) is 2. The topological polar surface area (TPSA) is 110 Å². The molecule has 0 unspecified atom stereocenters. The summed E-state index contributed by atoms with van der Waals surface area (Å²) < 4.78 is 41.6. The number of aromatic nitrogens is 1. The summed E-state index contributed by atoms with van der Waals surface area (Å²) in [7, 11) is 1.54. The second-order valence-electron chi connectivity index (χ2n) is 9.63. The molecule has 2 N–H and O–H groups in total. The van der Waals surface area contributed by atoms with E-state index in [1.807, 2.05) is 6.92 Å². The fraction of sp³-hybridized carbons (Fsp3) is 0.480. The molecule has 37 heavy (non-hydrogen) atoms. The summed E-state index contributed by atoms with van der Waals surface area (Å²) in [5.74, 6) is -3.40. The Morgan fingerprint density at radius 1 is 1.32 bits per heavy atom. The lowest BCUT2D eigenvalue weighted by Gasteiger charge is -2.42. The number of aryl methyl sites for hydroxylation is 1. The molecule has 2 bridgehead atoms. The molecule has 2 fully saturated rings. The van der Waals surface area contributed by atoms with E-state index in [1.54, 1.807) is 12.0 Å². The number of hydrogen-bond acceptors (Lipinski definition) is 7. The number of nitrogens with one attached hydrogen (secondary N) is 1. The first-order chi connectivity index (χ1) is 17.6. The van der Waals surface area contributed by atoms with Crippen LogP contribution in [0.5, 0.6) is 5.75 Å². The highest BCUT2D eigenvalue weighted by Gasteiger charge is 2.54. The van der Waals surface area contributed by atoms with Crippen molar-refractivity contribution in [2.24, 2.45) is 0 Å². The normalized spacial score (nSPS) is 26.8. The summed E-state index contributed by atoms with van der Waals surface area (Å²) in [5.41, 5.74) is -1.68. The van der Waals surface area contributed by atoms with Gasteiger partial charge in [-0.1, -0.05) is 0 Å². The van der Waals surface area contributed by atoms with Gasteiger partial charge in [0, 0.05) is 43.8 Å². The number of amides is 2. The monoisotopic (exact) mass is 535 g/mol. The zero-order chi connectivity index (χ0) is 26.6. The Balaban J connectivity index is 1.55. The minimum absolute atomic E-state index is 0.161. The number of hydrogen-bond donors (Lipinski definition) is 2. The van der Waals surface area contributed by atoms with Crippen molar-refractivity contribution >= 4 is 23.6 Å². The quantitative estimate of drug-likeness (QED) is 0.620. The molecule has 1 aromatic heterocycles. The number of ether oxygens (including phenoxy) is 2. The number of carbonyl (C=O) groups is 2. The summed E-state index contributed by atoms with van der Waals surface area (Å²) in [6.07, 6.45) is 1.97. The molecule has 4 heterocycles. The Morgan fingerprint density at radius 3 is 2.68 bits per heavy atom. The van der Waals surface area contributed by atoms with Gasteiger partial charge in [0.05, 0.1) is 6.04 Å². The maximum atomic E-state index is 14.3. The van der Waals surface area contributed by atoms with Crippen LogP contribution < -0.4 is 10.7 Å². The number of methoxy groups -OCH3 is 1. The zero-order valence-corrected chi connectivity index (χ0v) is 21.4. The molecular weight excluding hydrogens is 508 g/mol. The SMILES string of the molecule is CO[C@@H]1CS[C@]2(CC[C@H](C)N3C[C@H]2n2cc(C(=O)NCc4c(F)cc(C)cc4F)c(=O)c(O)c2C3=O)O1. The van der Waals surface area contributed by atoms with Crippen LogP contribution in [0.25, 0.3) is 0 Å². The first-order valence-electron chi connectivity index (χ1n) is 11.9. The van der Waals surface area contributed by atoms with Gasteiger partial charge in [-0.15, -0.1) is 11.8 Å². The Kier molecular flexibility index (Phi) is 6.53. The standard InChI is InChI=1S/C25H27F2N3O6S/c1-12-6-16(26)14(17(27)7-12)8-28-23(33)15-9-30-18-10-29(24(34)20(30)22(32)21(15)31)13(2)4-5-25(18)36-19(35-3)11-37-25/h6-7,9,13,18-19,32H,4-5,8,10-11H2,1-3H3,(H,28,33)/t13-,18+,19-,25-/m0/s1. The number of benzene rings is 1. The summed E-state index contributed by atoms with van der Waals surface area (Å²) in [5, 5.41) is 13.2. The molecule has 9 nitrogen and oxygen atoms in total. The van der Waals surface area contributed by atoms with Gasteiger partial charge in [0.1, 0.15) is 22.1 Å². The lowest BCUT2D eigenvalue weighted by Crippen LogP contribution is -2.51. The average molecular weight is 536 g/mol. The van der Waals surface area contributed by atoms with E-state index in [0.717, 1.165) is 12.1 Å². The molecule has 5 rings (SSSR count). The van der Waals surface area contributed by atoms with E-state index in [9.17, 15) is 28.3 Å². The second-order valence-corrected chi connectivity index (χ2v) is 10.9. The van der Waals surface area contributed by atoms with Crippen molar-refractivity contribution in [3.8, 4) is 5.75 Å². The number of rotatable bonds is 4. The van der Waals surface area contributed by atoms with Gasteiger partial charge in [-0.25, -0.2) is 8.78 Å². The van der Waals surface area contributed by atoms with Crippen molar-refractivity contribution in [2.75, 3.05) is 19.4 Å². The third kappa shape index (κ3) is 4.20. The van der Waals surface area contributed by atoms with Gasteiger partial charge in [-0.2, -0.15) is 0 Å². The van der Waals surface area contributed by atoms with Gasteiger partial charge < -0.3 is 29.4 Å². The zero-order valence-electron chi connectivity index (χ0n) is 20.5. The molecule has 12 heteroatoms. The van der Waals surface area contributed by atoms with Crippen LogP contribution in [0.4, 0.5) is 8.78 Å². The van der Waals surface area contributed by atoms with Crippen molar-refractivity contribution in [1.82, 2.24) is 14.8 Å². The van der Waals surface area contributed by atoms with Crippen LogP contribution >= 0.6 is 11.8 Å². The molecule has 1 spiro atoms. The highest BCUT2D eigenvalue weighted by molar-refractivity contribution is 8.00. The van der Waals surface area contributed by atoms with Gasteiger partial charge in [-0.3, -0.25) is 14.4 Å². The van der Waals surface area contributed by atoms with Gasteiger partial charge in [0.15, 0.2) is 17.7 Å². The minimum atomic E-state index is -1.04. The fourth-order valence-electron chi connectivity index (χ4n) is 5.28. The molecule has 2 saturated heterocycles. The lowest BCUT2D eigenvalue weighted by molar-refractivity contribution is -0.155. The number of halogens is 2. The van der Waals surface area contributed by atoms with Gasteiger partial charge in [0.25, 0.3) is 11.8 Å². The molecule has 0 aliphatic carbocycles. The van der Waals surface area contributed by atoms with Crippen LogP contribution in [0.2, 0.25) is 0 Å². The molecule has 0 saturated carbocycles. The van der Waals surface area contributed by atoms with Crippen molar-refractivity contribution in [3.05, 3.63) is 62.6 Å². The first kappa shape index (κ1) is 25.7. The van der Waals surface area contributed by atoms with Crippen LogP contribution in [0, 0.1) is 18.6 Å². The Hall–Kier alpha value is -2.96. The summed E-state index contributed by atoms with van der Waals surface area (Å²) in [6, 6.07) is 1.59. The highest BCUT2D eigenvalue weighted by atomic mass is 32.2. The number of thioether (sulfide) groups is 1. The van der Waals surface area contributed by atoms with Crippen LogP contribution in [0.15, 0.2) is 23.1 Å². The van der Waals surface area contributed by atoms with Crippen LogP contribution in [-0.4, -0.2) is 63.1 Å². The largest absolute Gasteiger partial charge is 0.503 e. The van der Waals surface area contributed by atoms with E-state index >= 15 is 0 Å². The molecule has 3 aliphatic rings. The van der Waals surface area contributed by atoms with Crippen LogP contribution in [0.1, 0.15) is 57.8 Å². The summed E-state index contributed by atoms with van der Waals surface area (Å²) >= 11 is 1.53. The van der Waals surface area contributed by atoms with E-state index in [0.29, 0.717) is 24.2 Å². The van der Waals surface area contributed by atoms with Crippen molar-refractivity contribution in [1.29, 1.82) is 0 Å². The highest BCUT2D eigenvalue weighted by Crippen LogP contribution is 2.52. The van der Waals surface area contributed by atoms with Crippen LogP contribution in [0.3, 0.4) is 0 Å². The molecule has 2 aromatic rings. The third-order valence-electron chi connectivity index (χ3n) is 7.34. The minimum Gasteiger partial charge on any atom is -0.503 e. The van der Waals surface area contributed by atoms with Crippen molar-refractivity contribution in [3.63, 3.8) is 0 Å². The Morgan fingerprint density at radius 2 is 2.03 bits per heavy atom. The van der Waals surface area contributed by atoms with E-state index in [4.69, 9.17) is 9.47 Å². The van der Waals surface area contributed by atoms with Crippen LogP contribution in [-0.2, 0) is 16.0 Å². The van der Waals surface area contributed by atoms with Gasteiger partial charge in [0.2, 0.25) is 5.43 Å². The number of pyridine rings is 1. The maximum absolute atomic E-state index is 14.3. The number of carbonyl (C=O) groups excluding carboxylic acids is 2. The van der Waals surface area contributed by atoms with E-state index in [1.165, 1.54) is 29.4 Å². The number of aromatic hydroxyl groups is 1. The second kappa shape index (κ2) is 9.41. The average Bonchev–Trinajstić information content (AvgIpc) is 3.23. The van der Waals surface area contributed by atoms with E-state index in [-0.39, 0.29) is 23.8 Å². The predicted molar refractivity (Wildman–Crippen MR) is 130 cm³/mol. The smallest absolute Gasteiger partial charge is 0.274 e. The summed E-state index contributed by atoms with van der Waals surface area (Å²) in [6.45, 7) is 3.18. The molecule has 4 atom stereocenters. The van der Waals surface area contributed by atoms with Crippen molar-refractivity contribution < 1.29 is 33.0 Å². The first-order valence-corrected chi connectivity index (χ1v) is 12.9. The lowest BCUT2D eigenvalue weighted by atomic mass is 10.0. The maximum Gasteiger partial charge on any atom is 0.274 e. The molecule has 0 radical (unpaired) electrons. The predicted octanol–water partition coefficient (Wildman–Crippen LogP) is 2.68. The molecule has 198 valence electrons. The third-order valence-corrected chi connectivity index (χ3v) is 8.84. The Labute approximate surface area is 215 Å². The number of fused-ring (bicyclic) bond motifs is 5. The van der Waals surface area contributed by atoms with E-state index < -0.39 is 64.0 Å². The van der Waals surface area contributed by atoms with Gasteiger partial charge in [-0.05, 0) is 44.4 Å². The fourth-order valence-corrected chi connectivity index (χ4v) is 6.72. The van der Waals surface area contributed by atoms with Crippen molar-refractivity contribution in [2.45, 2.75) is 56.5 Å². The Bertz CT molecular complexity index is 1330. The van der Waals surface area contributed by atoms with E-state index in [2.05, 4.69) is 5.32 Å². The molecule has 2 amide bonds. The molecular formula is C25H27F2N3O6S. The van der Waals surface area contributed by atoms with Gasteiger partial charge >= 0.3 is 0 Å². The molecule has 1 aromatic carbocycles. The molecule has 3 aliphatic heterocycles.